The van der Waals surface area contributed by atoms with Gasteiger partial charge in [-0.2, -0.15) is 0 Å². The summed E-state index contributed by atoms with van der Waals surface area (Å²) in [6.07, 6.45) is 0. The van der Waals surface area contributed by atoms with Gasteiger partial charge in [-0.1, -0.05) is 0 Å². The van der Waals surface area contributed by atoms with Gasteiger partial charge in [-0.05, 0) is 43.3 Å². The highest BCUT2D eigenvalue weighted by atomic mass is 16.5. The van der Waals surface area contributed by atoms with Crippen LogP contribution in [-0.2, 0) is 4.74 Å². The molecule has 0 bridgehead atoms. The van der Waals surface area contributed by atoms with E-state index < -0.39 is 5.97 Å². The number of carbonyl (C=O) groups is 1. The Labute approximate surface area is 124 Å². The van der Waals surface area contributed by atoms with Crippen molar-refractivity contribution in [1.82, 2.24) is 0 Å². The molecule has 1 aromatic heterocycles. The lowest BCUT2D eigenvalue weighted by Gasteiger charge is -2.16. The van der Waals surface area contributed by atoms with Crippen LogP contribution in [0.1, 0.15) is 29.3 Å². The second-order valence-corrected chi connectivity index (χ2v) is 5.00. The number of furan rings is 1. The minimum atomic E-state index is -0.469. The minimum Gasteiger partial charge on any atom is -0.463 e. The van der Waals surface area contributed by atoms with Gasteiger partial charge in [0.2, 0.25) is 5.76 Å². The number of ether oxygens (including phenoxy) is 1. The van der Waals surface area contributed by atoms with Crippen molar-refractivity contribution in [2.45, 2.75) is 13.0 Å². The highest BCUT2D eigenvalue weighted by Crippen LogP contribution is 2.23. The van der Waals surface area contributed by atoms with Gasteiger partial charge in [0.25, 0.3) is 0 Å². The fourth-order valence-corrected chi connectivity index (χ4v) is 1.97. The molecule has 5 nitrogen and oxygen atoms in total. The zero-order valence-corrected chi connectivity index (χ0v) is 12.7. The fraction of sp³-hybridized carbons (Fsp3) is 0.312. The van der Waals surface area contributed by atoms with E-state index in [1.165, 1.54) is 7.11 Å². The van der Waals surface area contributed by atoms with Crippen molar-refractivity contribution in [3.8, 4) is 0 Å². The van der Waals surface area contributed by atoms with Crippen molar-refractivity contribution < 1.29 is 13.9 Å². The van der Waals surface area contributed by atoms with Gasteiger partial charge in [-0.15, -0.1) is 0 Å². The first-order valence-corrected chi connectivity index (χ1v) is 6.73. The van der Waals surface area contributed by atoms with Gasteiger partial charge >= 0.3 is 5.97 Å². The lowest BCUT2D eigenvalue weighted by Crippen LogP contribution is -2.09. The summed E-state index contributed by atoms with van der Waals surface area (Å²) in [5.74, 6) is 0.431. The van der Waals surface area contributed by atoms with Crippen molar-refractivity contribution in [2.75, 3.05) is 31.4 Å². The molecule has 2 rings (SSSR count). The maximum Gasteiger partial charge on any atom is 0.373 e. The molecule has 0 amide bonds. The average Bonchev–Trinajstić information content (AvgIpc) is 2.97. The van der Waals surface area contributed by atoms with Crippen LogP contribution in [0.4, 0.5) is 11.4 Å². The largest absolute Gasteiger partial charge is 0.463 e. The molecule has 0 fully saturated rings. The first-order valence-electron chi connectivity index (χ1n) is 6.73. The van der Waals surface area contributed by atoms with Crippen LogP contribution in [0.3, 0.4) is 0 Å². The predicted molar refractivity (Wildman–Crippen MR) is 82.9 cm³/mol. The van der Waals surface area contributed by atoms with Crippen molar-refractivity contribution in [3.05, 3.63) is 47.9 Å². The summed E-state index contributed by atoms with van der Waals surface area (Å²) in [6, 6.07) is 11.4. The maximum atomic E-state index is 11.4. The van der Waals surface area contributed by atoms with Crippen molar-refractivity contribution in [1.29, 1.82) is 0 Å². The predicted octanol–water partition coefficient (Wildman–Crippen LogP) is 3.31. The second-order valence-electron chi connectivity index (χ2n) is 5.00. The fourth-order valence-electron chi connectivity index (χ4n) is 1.97. The van der Waals surface area contributed by atoms with Crippen molar-refractivity contribution >= 4 is 17.3 Å². The number of rotatable bonds is 5. The molecule has 1 heterocycles. The summed E-state index contributed by atoms with van der Waals surface area (Å²) in [7, 11) is 5.34. The Kier molecular flexibility index (Phi) is 4.52. The van der Waals surface area contributed by atoms with E-state index in [1.54, 1.807) is 12.1 Å². The third-order valence-electron chi connectivity index (χ3n) is 3.21. The normalized spacial score (nSPS) is 11.8. The Hall–Kier alpha value is -2.43. The monoisotopic (exact) mass is 288 g/mol. The van der Waals surface area contributed by atoms with E-state index in [0.717, 1.165) is 11.4 Å². The van der Waals surface area contributed by atoms with Crippen LogP contribution in [0, 0.1) is 0 Å². The lowest BCUT2D eigenvalue weighted by molar-refractivity contribution is 0.0562. The summed E-state index contributed by atoms with van der Waals surface area (Å²) < 4.78 is 10.1. The molecule has 1 atom stereocenters. The molecule has 1 aromatic carbocycles. The van der Waals surface area contributed by atoms with Gasteiger partial charge < -0.3 is 19.4 Å². The summed E-state index contributed by atoms with van der Waals surface area (Å²) in [5.41, 5.74) is 2.13. The number of methoxy groups -OCH3 is 1. The van der Waals surface area contributed by atoms with E-state index >= 15 is 0 Å². The quantitative estimate of drug-likeness (QED) is 0.855. The molecule has 21 heavy (non-hydrogen) atoms. The first kappa shape index (κ1) is 15.0. The van der Waals surface area contributed by atoms with E-state index in [4.69, 9.17) is 4.42 Å². The third-order valence-corrected chi connectivity index (χ3v) is 3.21. The molecule has 0 saturated heterocycles. The molecule has 0 spiro atoms. The summed E-state index contributed by atoms with van der Waals surface area (Å²) in [5, 5.41) is 3.33. The Balaban J connectivity index is 2.05. The molecule has 0 aliphatic rings. The number of carbonyl (C=O) groups excluding carboxylic acids is 1. The Bertz CT molecular complexity index is 602. The minimum absolute atomic E-state index is 0.0476. The molecule has 0 aliphatic carbocycles. The van der Waals surface area contributed by atoms with Crippen molar-refractivity contribution in [2.24, 2.45) is 0 Å². The van der Waals surface area contributed by atoms with Gasteiger partial charge in [0.15, 0.2) is 0 Å². The van der Waals surface area contributed by atoms with Crippen LogP contribution >= 0.6 is 0 Å². The Morgan fingerprint density at radius 1 is 1.19 bits per heavy atom. The zero-order valence-electron chi connectivity index (χ0n) is 12.7. The Morgan fingerprint density at radius 2 is 1.86 bits per heavy atom. The molecule has 2 aromatic rings. The molecule has 0 aliphatic heterocycles. The molecular formula is C16H20N2O3. The standard InChI is InChI=1S/C16H20N2O3/c1-11(14-9-10-15(21-14)16(19)20-4)17-12-5-7-13(8-6-12)18(2)3/h5-11,17H,1-4H3. The van der Waals surface area contributed by atoms with Gasteiger partial charge in [0.1, 0.15) is 5.76 Å². The molecule has 0 radical (unpaired) electrons. The van der Waals surface area contributed by atoms with Crippen LogP contribution in [0.2, 0.25) is 0 Å². The maximum absolute atomic E-state index is 11.4. The molecule has 112 valence electrons. The van der Waals surface area contributed by atoms with E-state index in [1.807, 2.05) is 50.2 Å². The number of benzene rings is 1. The van der Waals surface area contributed by atoms with Gasteiger partial charge in [-0.3, -0.25) is 0 Å². The molecule has 0 saturated carbocycles. The number of anilines is 2. The Morgan fingerprint density at radius 3 is 2.43 bits per heavy atom. The van der Waals surface area contributed by atoms with E-state index in [2.05, 4.69) is 10.1 Å². The number of hydrogen-bond acceptors (Lipinski definition) is 5. The van der Waals surface area contributed by atoms with Crippen molar-refractivity contribution in [3.63, 3.8) is 0 Å². The number of nitrogens with zero attached hydrogens (tertiary/aromatic N) is 1. The lowest BCUT2D eigenvalue weighted by atomic mass is 10.2. The zero-order chi connectivity index (χ0) is 15.4. The second kappa shape index (κ2) is 6.35. The smallest absolute Gasteiger partial charge is 0.373 e. The molecule has 1 N–H and O–H groups in total. The van der Waals surface area contributed by atoms with Crippen LogP contribution < -0.4 is 10.2 Å². The van der Waals surface area contributed by atoms with Crippen LogP contribution in [0.15, 0.2) is 40.8 Å². The summed E-state index contributed by atoms with van der Waals surface area (Å²) in [6.45, 7) is 1.97. The molecular weight excluding hydrogens is 268 g/mol. The van der Waals surface area contributed by atoms with E-state index in [0.29, 0.717) is 5.76 Å². The van der Waals surface area contributed by atoms with Crippen LogP contribution in [0.5, 0.6) is 0 Å². The van der Waals surface area contributed by atoms with E-state index in [9.17, 15) is 4.79 Å². The third kappa shape index (κ3) is 3.56. The van der Waals surface area contributed by atoms with Gasteiger partial charge in [0, 0.05) is 25.5 Å². The van der Waals surface area contributed by atoms with Crippen LogP contribution in [-0.4, -0.2) is 27.2 Å². The highest BCUT2D eigenvalue weighted by molar-refractivity contribution is 5.86. The van der Waals surface area contributed by atoms with Gasteiger partial charge in [-0.25, -0.2) is 4.79 Å². The van der Waals surface area contributed by atoms with Gasteiger partial charge in [0.05, 0.1) is 13.2 Å². The molecule has 5 heteroatoms. The number of esters is 1. The van der Waals surface area contributed by atoms with E-state index in [-0.39, 0.29) is 11.8 Å². The molecule has 1 unspecified atom stereocenters. The SMILES string of the molecule is COC(=O)c1ccc(C(C)Nc2ccc(N(C)C)cc2)o1. The summed E-state index contributed by atoms with van der Waals surface area (Å²) >= 11 is 0. The highest BCUT2D eigenvalue weighted by Gasteiger charge is 2.15. The topological polar surface area (TPSA) is 54.7 Å². The number of nitrogens with one attached hydrogen (secondary N) is 1. The first-order chi connectivity index (χ1) is 10.0. The summed E-state index contributed by atoms with van der Waals surface area (Å²) in [4.78, 5) is 13.4. The number of hydrogen-bond donors (Lipinski definition) is 1. The van der Waals surface area contributed by atoms with Crippen LogP contribution in [0.25, 0.3) is 0 Å². The average molecular weight is 288 g/mol.